The van der Waals surface area contributed by atoms with Crippen LogP contribution in [-0.2, 0) is 17.6 Å². The summed E-state index contributed by atoms with van der Waals surface area (Å²) in [5.74, 6) is 1.59. The fourth-order valence-electron chi connectivity index (χ4n) is 2.79. The summed E-state index contributed by atoms with van der Waals surface area (Å²) in [6.45, 7) is 2.09. The monoisotopic (exact) mass is 297 g/mol. The van der Waals surface area contributed by atoms with Gasteiger partial charge in [0.2, 0.25) is 0 Å². The van der Waals surface area contributed by atoms with Gasteiger partial charge in [0.25, 0.3) is 5.91 Å². The summed E-state index contributed by atoms with van der Waals surface area (Å²) in [5, 5.41) is 2.87. The Balaban J connectivity index is 1.80. The quantitative estimate of drug-likeness (QED) is 0.943. The number of para-hydroxylation sites is 1. The second kappa shape index (κ2) is 6.10. The van der Waals surface area contributed by atoms with Gasteiger partial charge in [-0.05, 0) is 48.6 Å². The minimum atomic E-state index is -0.103. The van der Waals surface area contributed by atoms with E-state index in [9.17, 15) is 4.79 Å². The lowest BCUT2D eigenvalue weighted by atomic mass is 10.0. The second-order valence-electron chi connectivity index (χ2n) is 5.44. The minimum Gasteiger partial charge on any atom is -0.496 e. The fraction of sp³-hybridized carbons (Fsp3) is 0.278. The Hall–Kier alpha value is -2.49. The van der Waals surface area contributed by atoms with E-state index in [1.807, 2.05) is 31.2 Å². The smallest absolute Gasteiger partial charge is 0.262 e. The van der Waals surface area contributed by atoms with E-state index in [2.05, 4.69) is 17.4 Å². The standard InChI is InChI=1S/C18H19NO3/c1-12-9-13(10-15-18(12)22-11-17(20)19-15)7-8-14-5-3-4-6-16(14)21-2/h3-6,9-10H,7-8,11H2,1-2H3,(H,19,20). The number of ether oxygens (including phenoxy) is 2. The number of methoxy groups -OCH3 is 1. The van der Waals surface area contributed by atoms with Crippen molar-refractivity contribution in [1.82, 2.24) is 0 Å². The molecule has 1 aliphatic rings. The van der Waals surface area contributed by atoms with Crippen LogP contribution in [0.5, 0.6) is 11.5 Å². The third kappa shape index (κ3) is 2.91. The summed E-state index contributed by atoms with van der Waals surface area (Å²) >= 11 is 0. The molecule has 0 aliphatic carbocycles. The number of amides is 1. The normalized spacial score (nSPS) is 13.1. The van der Waals surface area contributed by atoms with Crippen LogP contribution in [0.3, 0.4) is 0 Å². The van der Waals surface area contributed by atoms with E-state index in [0.29, 0.717) is 0 Å². The predicted molar refractivity (Wildman–Crippen MR) is 85.7 cm³/mol. The van der Waals surface area contributed by atoms with Crippen molar-refractivity contribution in [2.24, 2.45) is 0 Å². The van der Waals surface area contributed by atoms with Crippen LogP contribution in [0, 0.1) is 6.92 Å². The van der Waals surface area contributed by atoms with Crippen LogP contribution in [0.25, 0.3) is 0 Å². The van der Waals surface area contributed by atoms with Crippen LogP contribution in [0.2, 0.25) is 0 Å². The zero-order valence-corrected chi connectivity index (χ0v) is 12.8. The summed E-state index contributed by atoms with van der Waals surface area (Å²) in [5.41, 5.74) is 4.17. The lowest BCUT2D eigenvalue weighted by Crippen LogP contribution is -2.26. The molecule has 1 N–H and O–H groups in total. The second-order valence-corrected chi connectivity index (χ2v) is 5.44. The van der Waals surface area contributed by atoms with Gasteiger partial charge in [0.15, 0.2) is 6.61 Å². The molecule has 4 heteroatoms. The molecule has 3 rings (SSSR count). The number of fused-ring (bicyclic) bond motifs is 1. The van der Waals surface area contributed by atoms with E-state index in [4.69, 9.17) is 9.47 Å². The molecule has 1 heterocycles. The highest BCUT2D eigenvalue weighted by molar-refractivity contribution is 5.95. The molecule has 0 saturated carbocycles. The van der Waals surface area contributed by atoms with Crippen LogP contribution < -0.4 is 14.8 Å². The fourth-order valence-corrected chi connectivity index (χ4v) is 2.79. The highest BCUT2D eigenvalue weighted by Crippen LogP contribution is 2.33. The average molecular weight is 297 g/mol. The Bertz CT molecular complexity index is 709. The first kappa shape index (κ1) is 14.4. The molecule has 2 aromatic carbocycles. The molecule has 0 saturated heterocycles. The molecule has 4 nitrogen and oxygen atoms in total. The number of hydrogen-bond acceptors (Lipinski definition) is 3. The highest BCUT2D eigenvalue weighted by Gasteiger charge is 2.18. The van der Waals surface area contributed by atoms with Crippen molar-refractivity contribution in [3.05, 3.63) is 53.1 Å². The van der Waals surface area contributed by atoms with Crippen molar-refractivity contribution in [3.63, 3.8) is 0 Å². The van der Waals surface area contributed by atoms with Gasteiger partial charge >= 0.3 is 0 Å². The molecule has 1 aliphatic heterocycles. The Morgan fingerprint density at radius 2 is 2.05 bits per heavy atom. The van der Waals surface area contributed by atoms with Gasteiger partial charge in [0.1, 0.15) is 11.5 Å². The van der Waals surface area contributed by atoms with E-state index in [-0.39, 0.29) is 12.5 Å². The zero-order valence-electron chi connectivity index (χ0n) is 12.8. The maximum Gasteiger partial charge on any atom is 0.262 e. The summed E-state index contributed by atoms with van der Waals surface area (Å²) in [6, 6.07) is 12.2. The van der Waals surface area contributed by atoms with Gasteiger partial charge in [-0.3, -0.25) is 4.79 Å². The molecular weight excluding hydrogens is 278 g/mol. The molecule has 1 amide bonds. The van der Waals surface area contributed by atoms with Crippen molar-refractivity contribution < 1.29 is 14.3 Å². The molecule has 0 spiro atoms. The van der Waals surface area contributed by atoms with Gasteiger partial charge in [-0.2, -0.15) is 0 Å². The van der Waals surface area contributed by atoms with Crippen molar-refractivity contribution in [3.8, 4) is 11.5 Å². The lowest BCUT2D eigenvalue weighted by molar-refractivity contribution is -0.118. The van der Waals surface area contributed by atoms with E-state index in [0.717, 1.165) is 35.6 Å². The first-order valence-corrected chi connectivity index (χ1v) is 7.35. The third-order valence-corrected chi connectivity index (χ3v) is 3.83. The van der Waals surface area contributed by atoms with Crippen molar-refractivity contribution >= 4 is 11.6 Å². The number of carbonyl (C=O) groups excluding carboxylic acids is 1. The van der Waals surface area contributed by atoms with Crippen LogP contribution in [-0.4, -0.2) is 19.6 Å². The van der Waals surface area contributed by atoms with E-state index in [1.54, 1.807) is 7.11 Å². The minimum absolute atomic E-state index is 0.0917. The number of aryl methyl sites for hydroxylation is 3. The number of nitrogens with one attached hydrogen (secondary N) is 1. The number of rotatable bonds is 4. The maximum atomic E-state index is 11.5. The largest absolute Gasteiger partial charge is 0.496 e. The van der Waals surface area contributed by atoms with Gasteiger partial charge in [0.05, 0.1) is 12.8 Å². The van der Waals surface area contributed by atoms with Crippen LogP contribution in [0.15, 0.2) is 36.4 Å². The molecule has 2 aromatic rings. The van der Waals surface area contributed by atoms with Gasteiger partial charge in [-0.1, -0.05) is 24.3 Å². The first-order chi connectivity index (χ1) is 10.7. The lowest BCUT2D eigenvalue weighted by Gasteiger charge is -2.21. The van der Waals surface area contributed by atoms with E-state index < -0.39 is 0 Å². The van der Waals surface area contributed by atoms with Crippen molar-refractivity contribution in [2.45, 2.75) is 19.8 Å². The van der Waals surface area contributed by atoms with Gasteiger partial charge in [-0.15, -0.1) is 0 Å². The summed E-state index contributed by atoms with van der Waals surface area (Å²) in [7, 11) is 1.69. The molecule has 0 aromatic heterocycles. The van der Waals surface area contributed by atoms with E-state index in [1.165, 1.54) is 11.1 Å². The summed E-state index contributed by atoms with van der Waals surface area (Å²) < 4.78 is 10.9. The Kier molecular flexibility index (Phi) is 4.00. The SMILES string of the molecule is COc1ccccc1CCc1cc(C)c2c(c1)NC(=O)CO2. The number of carbonyl (C=O) groups is 1. The Morgan fingerprint density at radius 1 is 1.23 bits per heavy atom. The molecular formula is C18H19NO3. The van der Waals surface area contributed by atoms with Crippen LogP contribution in [0.1, 0.15) is 16.7 Å². The van der Waals surface area contributed by atoms with Gasteiger partial charge < -0.3 is 14.8 Å². The number of hydrogen-bond donors (Lipinski definition) is 1. The molecule has 0 fully saturated rings. The van der Waals surface area contributed by atoms with Crippen molar-refractivity contribution in [1.29, 1.82) is 0 Å². The molecule has 0 radical (unpaired) electrons. The number of benzene rings is 2. The predicted octanol–water partition coefficient (Wildman–Crippen LogP) is 3.12. The molecule has 114 valence electrons. The molecule has 0 atom stereocenters. The summed E-state index contributed by atoms with van der Waals surface area (Å²) in [6.07, 6.45) is 1.77. The molecule has 0 unspecified atom stereocenters. The molecule has 0 bridgehead atoms. The topological polar surface area (TPSA) is 47.6 Å². The maximum absolute atomic E-state index is 11.5. The number of anilines is 1. The summed E-state index contributed by atoms with van der Waals surface area (Å²) in [4.78, 5) is 11.5. The zero-order chi connectivity index (χ0) is 15.5. The Labute approximate surface area is 130 Å². The van der Waals surface area contributed by atoms with Crippen molar-refractivity contribution in [2.75, 3.05) is 19.0 Å². The molecule has 22 heavy (non-hydrogen) atoms. The van der Waals surface area contributed by atoms with Gasteiger partial charge in [-0.25, -0.2) is 0 Å². The van der Waals surface area contributed by atoms with Crippen LogP contribution in [0.4, 0.5) is 5.69 Å². The van der Waals surface area contributed by atoms with Gasteiger partial charge in [0, 0.05) is 0 Å². The first-order valence-electron chi connectivity index (χ1n) is 7.35. The average Bonchev–Trinajstić information content (AvgIpc) is 2.52. The van der Waals surface area contributed by atoms with Crippen LogP contribution >= 0.6 is 0 Å². The highest BCUT2D eigenvalue weighted by atomic mass is 16.5. The Morgan fingerprint density at radius 3 is 2.86 bits per heavy atom. The third-order valence-electron chi connectivity index (χ3n) is 3.83. The van der Waals surface area contributed by atoms with E-state index >= 15 is 0 Å².